The van der Waals surface area contributed by atoms with E-state index < -0.39 is 0 Å². The third-order valence-electron chi connectivity index (χ3n) is 5.13. The van der Waals surface area contributed by atoms with Gasteiger partial charge >= 0.3 is 0 Å². The van der Waals surface area contributed by atoms with E-state index in [4.69, 9.17) is 4.52 Å². The SMILES string of the molecule is Cc1cc(NC(=O)CSc2nnc(-c3ccc(C(C)(C)C)cc3)n2Cc2ccccc2)on1. The molecule has 7 nitrogen and oxygen atoms in total. The first kappa shape index (κ1) is 22.8. The molecule has 0 aliphatic carbocycles. The number of carbonyl (C=O) groups excluding carboxylic acids is 1. The van der Waals surface area contributed by atoms with E-state index in [1.807, 2.05) is 18.2 Å². The van der Waals surface area contributed by atoms with Crippen molar-refractivity contribution in [3.05, 3.63) is 77.5 Å². The van der Waals surface area contributed by atoms with Crippen molar-refractivity contribution < 1.29 is 9.32 Å². The van der Waals surface area contributed by atoms with Crippen molar-refractivity contribution >= 4 is 23.6 Å². The van der Waals surface area contributed by atoms with Crippen LogP contribution in [0.25, 0.3) is 11.4 Å². The molecule has 0 bridgehead atoms. The lowest BCUT2D eigenvalue weighted by Gasteiger charge is -2.19. The van der Waals surface area contributed by atoms with E-state index in [0.29, 0.717) is 23.3 Å². The minimum Gasteiger partial charge on any atom is -0.338 e. The minimum absolute atomic E-state index is 0.0761. The first-order valence-corrected chi connectivity index (χ1v) is 11.7. The van der Waals surface area contributed by atoms with Crippen LogP contribution in [-0.4, -0.2) is 31.6 Å². The predicted molar refractivity (Wildman–Crippen MR) is 130 cm³/mol. The van der Waals surface area contributed by atoms with Crippen LogP contribution in [0.1, 0.15) is 37.6 Å². The lowest BCUT2D eigenvalue weighted by Crippen LogP contribution is -2.14. The Morgan fingerprint density at radius 1 is 1.06 bits per heavy atom. The van der Waals surface area contributed by atoms with Crippen molar-refractivity contribution in [2.75, 3.05) is 11.1 Å². The number of hydrogen-bond donors (Lipinski definition) is 1. The van der Waals surface area contributed by atoms with Crippen LogP contribution >= 0.6 is 11.8 Å². The number of anilines is 1. The summed E-state index contributed by atoms with van der Waals surface area (Å²) in [5.74, 6) is 1.09. The average molecular weight is 462 g/mol. The Morgan fingerprint density at radius 2 is 1.79 bits per heavy atom. The number of thioether (sulfide) groups is 1. The van der Waals surface area contributed by atoms with Gasteiger partial charge in [-0.1, -0.05) is 92.3 Å². The van der Waals surface area contributed by atoms with E-state index in [-0.39, 0.29) is 17.1 Å². The van der Waals surface area contributed by atoms with Gasteiger partial charge in [-0.3, -0.25) is 14.7 Å². The van der Waals surface area contributed by atoms with Gasteiger partial charge in [0.05, 0.1) is 18.0 Å². The first-order chi connectivity index (χ1) is 15.8. The highest BCUT2D eigenvalue weighted by atomic mass is 32.2. The van der Waals surface area contributed by atoms with Gasteiger partial charge in [0.2, 0.25) is 11.8 Å². The van der Waals surface area contributed by atoms with E-state index in [9.17, 15) is 4.79 Å². The summed E-state index contributed by atoms with van der Waals surface area (Å²) >= 11 is 1.34. The van der Waals surface area contributed by atoms with Gasteiger partial charge in [-0.25, -0.2) is 0 Å². The molecule has 2 aromatic heterocycles. The largest absolute Gasteiger partial charge is 0.338 e. The maximum atomic E-state index is 12.4. The highest BCUT2D eigenvalue weighted by molar-refractivity contribution is 7.99. The number of aryl methyl sites for hydroxylation is 1. The van der Waals surface area contributed by atoms with Crippen LogP contribution in [0, 0.1) is 6.92 Å². The number of carbonyl (C=O) groups is 1. The fraction of sp³-hybridized carbons (Fsp3) is 0.280. The molecule has 1 amide bonds. The molecule has 0 saturated carbocycles. The molecule has 0 spiro atoms. The monoisotopic (exact) mass is 461 g/mol. The molecule has 2 aromatic carbocycles. The van der Waals surface area contributed by atoms with Gasteiger partial charge in [0.15, 0.2) is 11.0 Å². The second-order valence-electron chi connectivity index (χ2n) is 8.87. The van der Waals surface area contributed by atoms with Crippen LogP contribution in [0.4, 0.5) is 5.88 Å². The van der Waals surface area contributed by atoms with Crippen LogP contribution < -0.4 is 5.32 Å². The van der Waals surface area contributed by atoms with Gasteiger partial charge in [-0.05, 0) is 23.5 Å². The summed E-state index contributed by atoms with van der Waals surface area (Å²) in [6, 6.07) is 20.3. The third-order valence-corrected chi connectivity index (χ3v) is 6.10. The first-order valence-electron chi connectivity index (χ1n) is 10.7. The summed E-state index contributed by atoms with van der Waals surface area (Å²) in [5.41, 5.74) is 4.16. The minimum atomic E-state index is -0.193. The molecule has 2 heterocycles. The molecule has 4 rings (SSSR count). The summed E-state index contributed by atoms with van der Waals surface area (Å²) in [6.07, 6.45) is 0. The molecule has 33 heavy (non-hydrogen) atoms. The molecule has 0 fully saturated rings. The summed E-state index contributed by atoms with van der Waals surface area (Å²) in [6.45, 7) is 8.99. The number of nitrogens with one attached hydrogen (secondary N) is 1. The van der Waals surface area contributed by atoms with E-state index in [0.717, 1.165) is 17.0 Å². The van der Waals surface area contributed by atoms with Crippen LogP contribution in [0.5, 0.6) is 0 Å². The Hall–Kier alpha value is -3.39. The molecular formula is C25H27N5O2S. The number of aromatic nitrogens is 4. The molecule has 1 N–H and O–H groups in total. The zero-order valence-corrected chi connectivity index (χ0v) is 20.0. The normalized spacial score (nSPS) is 11.5. The van der Waals surface area contributed by atoms with E-state index in [1.54, 1.807) is 13.0 Å². The van der Waals surface area contributed by atoms with E-state index in [1.165, 1.54) is 17.3 Å². The predicted octanol–water partition coefficient (Wildman–Crippen LogP) is 5.32. The van der Waals surface area contributed by atoms with Gasteiger partial charge in [-0.2, -0.15) is 0 Å². The maximum Gasteiger partial charge on any atom is 0.237 e. The topological polar surface area (TPSA) is 85.8 Å². The van der Waals surface area contributed by atoms with Crippen molar-refractivity contribution in [3.8, 4) is 11.4 Å². The fourth-order valence-corrected chi connectivity index (χ4v) is 4.10. The molecule has 0 aliphatic heterocycles. The second-order valence-corrected chi connectivity index (χ2v) is 9.82. The quantitative estimate of drug-likeness (QED) is 0.375. The zero-order chi connectivity index (χ0) is 23.4. The fourth-order valence-electron chi connectivity index (χ4n) is 3.36. The molecule has 4 aromatic rings. The highest BCUT2D eigenvalue weighted by Crippen LogP contribution is 2.28. The summed E-state index contributed by atoms with van der Waals surface area (Å²) in [7, 11) is 0. The summed E-state index contributed by atoms with van der Waals surface area (Å²) in [5, 5.41) is 16.1. The summed E-state index contributed by atoms with van der Waals surface area (Å²) < 4.78 is 7.11. The highest BCUT2D eigenvalue weighted by Gasteiger charge is 2.18. The lowest BCUT2D eigenvalue weighted by atomic mass is 9.87. The Morgan fingerprint density at radius 3 is 2.42 bits per heavy atom. The molecule has 0 saturated heterocycles. The van der Waals surface area contributed by atoms with Crippen molar-refractivity contribution in [2.45, 2.75) is 44.8 Å². The third kappa shape index (κ3) is 5.70. The van der Waals surface area contributed by atoms with Crippen molar-refractivity contribution in [3.63, 3.8) is 0 Å². The molecule has 0 radical (unpaired) electrons. The Balaban J connectivity index is 1.57. The van der Waals surface area contributed by atoms with E-state index >= 15 is 0 Å². The maximum absolute atomic E-state index is 12.4. The number of amides is 1. The molecule has 8 heteroatoms. The van der Waals surface area contributed by atoms with Crippen LogP contribution in [0.3, 0.4) is 0 Å². The molecule has 170 valence electrons. The number of benzene rings is 2. The summed E-state index contributed by atoms with van der Waals surface area (Å²) in [4.78, 5) is 12.4. The Labute approximate surface area is 197 Å². The second kappa shape index (κ2) is 9.62. The van der Waals surface area contributed by atoms with Crippen LogP contribution in [0.2, 0.25) is 0 Å². The number of nitrogens with zero attached hydrogens (tertiary/aromatic N) is 4. The van der Waals surface area contributed by atoms with Crippen molar-refractivity contribution in [1.82, 2.24) is 19.9 Å². The number of hydrogen-bond acceptors (Lipinski definition) is 6. The Bertz CT molecular complexity index is 1220. The van der Waals surface area contributed by atoms with Crippen molar-refractivity contribution in [1.29, 1.82) is 0 Å². The number of rotatable bonds is 7. The molecule has 0 unspecified atom stereocenters. The zero-order valence-electron chi connectivity index (χ0n) is 19.2. The van der Waals surface area contributed by atoms with E-state index in [2.05, 4.69) is 82.4 Å². The van der Waals surface area contributed by atoms with Crippen molar-refractivity contribution in [2.24, 2.45) is 0 Å². The molecule has 0 aliphatic rings. The lowest BCUT2D eigenvalue weighted by molar-refractivity contribution is -0.113. The standard InChI is InChI=1S/C25H27N5O2S/c1-17-14-22(32-29-17)26-21(31)16-33-24-28-27-23(30(24)15-18-8-6-5-7-9-18)19-10-12-20(13-11-19)25(2,3)4/h5-14H,15-16H2,1-4H3,(H,26,31). The molecular weight excluding hydrogens is 434 g/mol. The average Bonchev–Trinajstić information content (AvgIpc) is 3.38. The van der Waals surface area contributed by atoms with Crippen LogP contribution in [0.15, 0.2) is 70.3 Å². The Kier molecular flexibility index (Phi) is 6.65. The smallest absolute Gasteiger partial charge is 0.237 e. The van der Waals surface area contributed by atoms with Gasteiger partial charge in [0, 0.05) is 11.6 Å². The molecule has 0 atom stereocenters. The van der Waals surface area contributed by atoms with Gasteiger partial charge < -0.3 is 4.52 Å². The van der Waals surface area contributed by atoms with Gasteiger partial charge in [-0.15, -0.1) is 10.2 Å². The van der Waals surface area contributed by atoms with Gasteiger partial charge in [0.25, 0.3) is 0 Å². The van der Waals surface area contributed by atoms with Gasteiger partial charge in [0.1, 0.15) is 0 Å². The van der Waals surface area contributed by atoms with Crippen LogP contribution in [-0.2, 0) is 16.8 Å².